The molecule has 0 atom stereocenters. The van der Waals surface area contributed by atoms with Crippen molar-refractivity contribution in [1.29, 1.82) is 0 Å². The van der Waals surface area contributed by atoms with Crippen molar-refractivity contribution in [3.63, 3.8) is 0 Å². The molecule has 9 aromatic carbocycles. The van der Waals surface area contributed by atoms with Crippen molar-refractivity contribution >= 4 is 65.2 Å². The molecule has 0 saturated carbocycles. The summed E-state index contributed by atoms with van der Waals surface area (Å²) in [7, 11) is 0. The van der Waals surface area contributed by atoms with Crippen molar-refractivity contribution in [3.05, 3.63) is 200 Å². The lowest BCUT2D eigenvalue weighted by Crippen LogP contribution is -2.00. The number of rotatable bonds is 5. The highest BCUT2D eigenvalue weighted by Crippen LogP contribution is 2.40. The quantitative estimate of drug-likeness (QED) is 0.177. The number of para-hydroxylation sites is 1. The first kappa shape index (κ1) is 32.4. The minimum Gasteiger partial charge on any atom is -0.309 e. The topological polar surface area (TPSA) is 48.5 Å². The molecular formula is C53H33N5. The average Bonchev–Trinajstić information content (AvgIpc) is 3.81. The van der Waals surface area contributed by atoms with E-state index >= 15 is 0 Å². The van der Waals surface area contributed by atoms with Gasteiger partial charge in [-0.3, -0.25) is 0 Å². The molecule has 0 fully saturated rings. The Balaban J connectivity index is 1.07. The molecule has 12 aromatic rings. The lowest BCUT2D eigenvalue weighted by atomic mass is 10.0. The van der Waals surface area contributed by atoms with Crippen LogP contribution in [0.2, 0.25) is 0 Å². The van der Waals surface area contributed by atoms with E-state index in [1.54, 1.807) is 0 Å². The van der Waals surface area contributed by atoms with Crippen LogP contribution in [0, 0.1) is 0 Å². The molecule has 58 heavy (non-hydrogen) atoms. The Bertz CT molecular complexity index is 3490. The number of hydrogen-bond donors (Lipinski definition) is 0. The molecule has 0 aliphatic rings. The first-order valence-corrected chi connectivity index (χ1v) is 19.6. The third-order valence-corrected chi connectivity index (χ3v) is 11.5. The van der Waals surface area contributed by atoms with Gasteiger partial charge in [-0.05, 0) is 82.2 Å². The summed E-state index contributed by atoms with van der Waals surface area (Å²) in [6.07, 6.45) is 0. The molecule has 0 bridgehead atoms. The lowest BCUT2D eigenvalue weighted by Gasteiger charge is -2.12. The molecule has 12 rings (SSSR count). The first-order valence-electron chi connectivity index (χ1n) is 19.6. The number of nitrogens with zero attached hydrogens (tertiary/aromatic N) is 5. The molecule has 270 valence electrons. The Hall–Kier alpha value is -7.89. The molecule has 3 heterocycles. The maximum Gasteiger partial charge on any atom is 0.164 e. The highest BCUT2D eigenvalue weighted by molar-refractivity contribution is 6.21. The summed E-state index contributed by atoms with van der Waals surface area (Å²) in [5, 5.41) is 9.89. The summed E-state index contributed by atoms with van der Waals surface area (Å²) in [5.41, 5.74) is 9.67. The van der Waals surface area contributed by atoms with Crippen LogP contribution in [0.15, 0.2) is 200 Å². The van der Waals surface area contributed by atoms with E-state index in [0.717, 1.165) is 39.1 Å². The Labute approximate surface area is 333 Å². The van der Waals surface area contributed by atoms with Crippen molar-refractivity contribution < 1.29 is 0 Å². The number of benzene rings is 9. The molecule has 0 amide bonds. The van der Waals surface area contributed by atoms with Crippen LogP contribution in [0.1, 0.15) is 0 Å². The highest BCUT2D eigenvalue weighted by atomic mass is 15.0. The van der Waals surface area contributed by atoms with Gasteiger partial charge in [0.2, 0.25) is 0 Å². The maximum atomic E-state index is 5.00. The fraction of sp³-hybridized carbons (Fsp3) is 0. The molecule has 0 aliphatic heterocycles. The number of aromatic nitrogens is 5. The number of hydrogen-bond acceptors (Lipinski definition) is 3. The third kappa shape index (κ3) is 5.07. The van der Waals surface area contributed by atoms with Gasteiger partial charge in [0.05, 0.1) is 22.1 Å². The van der Waals surface area contributed by atoms with E-state index in [1.807, 2.05) is 60.7 Å². The fourth-order valence-corrected chi connectivity index (χ4v) is 8.82. The van der Waals surface area contributed by atoms with Gasteiger partial charge in [0.25, 0.3) is 0 Å². The molecule has 0 saturated heterocycles. The molecule has 0 N–H and O–H groups in total. The van der Waals surface area contributed by atoms with Crippen LogP contribution in [0.5, 0.6) is 0 Å². The van der Waals surface area contributed by atoms with E-state index in [2.05, 4.69) is 149 Å². The minimum absolute atomic E-state index is 0.633. The summed E-state index contributed by atoms with van der Waals surface area (Å²) in [5.74, 6) is 1.93. The zero-order chi connectivity index (χ0) is 38.2. The van der Waals surface area contributed by atoms with E-state index in [-0.39, 0.29) is 0 Å². The van der Waals surface area contributed by atoms with Gasteiger partial charge < -0.3 is 9.13 Å². The van der Waals surface area contributed by atoms with E-state index in [4.69, 9.17) is 15.0 Å². The fourth-order valence-electron chi connectivity index (χ4n) is 8.82. The van der Waals surface area contributed by atoms with E-state index < -0.39 is 0 Å². The van der Waals surface area contributed by atoms with Gasteiger partial charge in [-0.2, -0.15) is 0 Å². The molecule has 3 aromatic heterocycles. The summed E-state index contributed by atoms with van der Waals surface area (Å²) in [6, 6.07) is 71.1. The molecule has 5 heteroatoms. The monoisotopic (exact) mass is 739 g/mol. The van der Waals surface area contributed by atoms with E-state index in [1.165, 1.54) is 54.1 Å². The van der Waals surface area contributed by atoms with Gasteiger partial charge in [0.1, 0.15) is 0 Å². The Morgan fingerprint density at radius 1 is 0.276 bits per heavy atom. The van der Waals surface area contributed by atoms with Crippen LogP contribution in [0.25, 0.3) is 111 Å². The molecule has 0 radical (unpaired) electrons. The Morgan fingerprint density at radius 3 is 1.48 bits per heavy atom. The van der Waals surface area contributed by atoms with Crippen LogP contribution in [-0.4, -0.2) is 24.1 Å². The summed E-state index contributed by atoms with van der Waals surface area (Å²) >= 11 is 0. The summed E-state index contributed by atoms with van der Waals surface area (Å²) < 4.78 is 4.83. The smallest absolute Gasteiger partial charge is 0.164 e. The Kier molecular flexibility index (Phi) is 7.16. The molecule has 5 nitrogen and oxygen atoms in total. The summed E-state index contributed by atoms with van der Waals surface area (Å²) in [4.78, 5) is 14.9. The van der Waals surface area contributed by atoms with Crippen molar-refractivity contribution in [2.45, 2.75) is 0 Å². The first-order chi connectivity index (χ1) is 28.7. The highest BCUT2D eigenvalue weighted by Gasteiger charge is 2.19. The van der Waals surface area contributed by atoms with E-state index in [0.29, 0.717) is 17.5 Å². The van der Waals surface area contributed by atoms with Gasteiger partial charge in [-0.25, -0.2) is 15.0 Å². The molecule has 0 spiro atoms. The van der Waals surface area contributed by atoms with Gasteiger partial charge in [0.15, 0.2) is 17.5 Å². The average molecular weight is 740 g/mol. The third-order valence-electron chi connectivity index (χ3n) is 11.5. The van der Waals surface area contributed by atoms with Crippen LogP contribution < -0.4 is 0 Å². The van der Waals surface area contributed by atoms with Crippen molar-refractivity contribution in [2.75, 3.05) is 0 Å². The zero-order valence-corrected chi connectivity index (χ0v) is 31.3. The van der Waals surface area contributed by atoms with Gasteiger partial charge in [-0.15, -0.1) is 0 Å². The van der Waals surface area contributed by atoms with Crippen molar-refractivity contribution in [2.24, 2.45) is 0 Å². The predicted molar refractivity (Wildman–Crippen MR) is 240 cm³/mol. The maximum absolute atomic E-state index is 5.00. The van der Waals surface area contributed by atoms with Crippen LogP contribution in [0.3, 0.4) is 0 Å². The van der Waals surface area contributed by atoms with E-state index in [9.17, 15) is 0 Å². The molecule has 0 aliphatic carbocycles. The van der Waals surface area contributed by atoms with Gasteiger partial charge in [-0.1, -0.05) is 140 Å². The zero-order valence-electron chi connectivity index (χ0n) is 31.3. The normalized spacial score (nSPS) is 11.8. The second-order valence-electron chi connectivity index (χ2n) is 14.9. The largest absolute Gasteiger partial charge is 0.309 e. The van der Waals surface area contributed by atoms with Crippen molar-refractivity contribution in [3.8, 4) is 45.5 Å². The van der Waals surface area contributed by atoms with Gasteiger partial charge >= 0.3 is 0 Å². The summed E-state index contributed by atoms with van der Waals surface area (Å²) in [6.45, 7) is 0. The minimum atomic E-state index is 0.633. The Morgan fingerprint density at radius 2 is 0.793 bits per heavy atom. The molecule has 0 unspecified atom stereocenters. The second kappa shape index (κ2) is 12.8. The number of fused-ring (bicyclic) bond motifs is 9. The van der Waals surface area contributed by atoms with Crippen LogP contribution in [-0.2, 0) is 0 Å². The lowest BCUT2D eigenvalue weighted by molar-refractivity contribution is 1.07. The predicted octanol–water partition coefficient (Wildman–Crippen LogP) is 13.4. The molecular weight excluding hydrogens is 707 g/mol. The second-order valence-corrected chi connectivity index (χ2v) is 14.9. The van der Waals surface area contributed by atoms with Crippen LogP contribution in [0.4, 0.5) is 0 Å². The SMILES string of the molecule is c1ccc(-c2nc(-c3ccccc3)nc(-c3ccc(-n4c5cc(-n6c7ccccc7c7c8ccccc8ccc76)ccc5c5cc6ccccc6cc54)cc3)n2)cc1. The standard InChI is InChI=1S/C53H33N5/c1-3-14-35(15-4-1)51-54-52(36-16-5-2-6-17-36)56-53(55-51)37-23-26-40(27-24-37)57-48-32-39-19-8-7-18-38(39)31-45(48)43-29-28-41(33-49(43)57)58-46-22-12-11-21-44(46)50-42-20-10-9-13-34(42)25-30-47(50)58/h1-33H. The van der Waals surface area contributed by atoms with Gasteiger partial charge in [0, 0.05) is 49.6 Å². The van der Waals surface area contributed by atoms with Crippen LogP contribution >= 0.6 is 0 Å². The van der Waals surface area contributed by atoms with Crippen molar-refractivity contribution in [1.82, 2.24) is 24.1 Å².